The van der Waals surface area contributed by atoms with E-state index >= 15 is 0 Å². The number of rotatable bonds is 7. The molecule has 1 aromatic rings. The van der Waals surface area contributed by atoms with Crippen LogP contribution in [0.15, 0.2) is 18.2 Å². The molecule has 1 atom stereocenters. The summed E-state index contributed by atoms with van der Waals surface area (Å²) in [5, 5.41) is 6.36. The fraction of sp³-hybridized carbons (Fsp3) is 0.562. The van der Waals surface area contributed by atoms with E-state index in [2.05, 4.69) is 10.6 Å². The minimum Gasteiger partial charge on any atom is -0.497 e. The summed E-state index contributed by atoms with van der Waals surface area (Å²) in [6, 6.07) is 6.14. The lowest BCUT2D eigenvalue weighted by Crippen LogP contribution is -2.37. The summed E-state index contributed by atoms with van der Waals surface area (Å²) in [7, 11) is 3.25. The zero-order chi connectivity index (χ0) is 15.1. The molecule has 21 heavy (non-hydrogen) atoms. The first-order chi connectivity index (χ1) is 10.2. The molecule has 1 fully saturated rings. The third-order valence-corrected chi connectivity index (χ3v) is 3.76. The average Bonchev–Trinajstić information content (AvgIpc) is 3.03. The summed E-state index contributed by atoms with van der Waals surface area (Å²) >= 11 is 0. The lowest BCUT2D eigenvalue weighted by molar-refractivity contribution is -0.121. The molecule has 1 aliphatic rings. The van der Waals surface area contributed by atoms with E-state index < -0.39 is 0 Å². The highest BCUT2D eigenvalue weighted by molar-refractivity contribution is 5.76. The van der Waals surface area contributed by atoms with Crippen molar-refractivity contribution in [1.29, 1.82) is 0 Å². The van der Waals surface area contributed by atoms with E-state index in [1.807, 2.05) is 18.2 Å². The Labute approximate surface area is 126 Å². The summed E-state index contributed by atoms with van der Waals surface area (Å²) in [4.78, 5) is 11.9. The lowest BCUT2D eigenvalue weighted by Gasteiger charge is -2.12. The SMILES string of the molecule is COc1cc(CCC(=O)NCC2CCCN2)cc(OC)c1. The van der Waals surface area contributed by atoms with Crippen LogP contribution in [0.4, 0.5) is 0 Å². The van der Waals surface area contributed by atoms with E-state index in [9.17, 15) is 4.79 Å². The van der Waals surface area contributed by atoms with Crippen molar-refractivity contribution in [2.45, 2.75) is 31.7 Å². The number of methoxy groups -OCH3 is 2. The number of benzene rings is 1. The van der Waals surface area contributed by atoms with E-state index in [1.165, 1.54) is 6.42 Å². The minimum atomic E-state index is 0.0884. The Morgan fingerprint density at radius 2 is 2.00 bits per heavy atom. The normalized spacial score (nSPS) is 17.5. The standard InChI is InChI=1S/C16H24N2O3/c1-20-14-8-12(9-15(10-14)21-2)5-6-16(19)18-11-13-4-3-7-17-13/h8-10,13,17H,3-7,11H2,1-2H3,(H,18,19). The number of nitrogens with one attached hydrogen (secondary N) is 2. The third-order valence-electron chi connectivity index (χ3n) is 3.76. The molecule has 5 heteroatoms. The maximum Gasteiger partial charge on any atom is 0.220 e. The van der Waals surface area contributed by atoms with Crippen molar-refractivity contribution in [2.24, 2.45) is 0 Å². The van der Waals surface area contributed by atoms with Crippen molar-refractivity contribution in [3.05, 3.63) is 23.8 Å². The molecule has 0 aromatic heterocycles. The Morgan fingerprint density at radius 3 is 2.57 bits per heavy atom. The van der Waals surface area contributed by atoms with Crippen LogP contribution in [0.2, 0.25) is 0 Å². The topological polar surface area (TPSA) is 59.6 Å². The van der Waals surface area contributed by atoms with Gasteiger partial charge in [0, 0.05) is 25.1 Å². The van der Waals surface area contributed by atoms with Gasteiger partial charge in [0.25, 0.3) is 0 Å². The Balaban J connectivity index is 1.79. The molecule has 0 spiro atoms. The van der Waals surface area contributed by atoms with Gasteiger partial charge in [-0.2, -0.15) is 0 Å². The molecule has 0 bridgehead atoms. The molecule has 1 amide bonds. The average molecular weight is 292 g/mol. The maximum atomic E-state index is 11.9. The van der Waals surface area contributed by atoms with Crippen molar-refractivity contribution in [3.8, 4) is 11.5 Å². The molecule has 116 valence electrons. The van der Waals surface area contributed by atoms with Crippen LogP contribution in [0.3, 0.4) is 0 Å². The van der Waals surface area contributed by atoms with E-state index in [0.29, 0.717) is 18.9 Å². The molecule has 1 saturated heterocycles. The van der Waals surface area contributed by atoms with Crippen molar-refractivity contribution in [1.82, 2.24) is 10.6 Å². The van der Waals surface area contributed by atoms with Crippen molar-refractivity contribution in [3.63, 3.8) is 0 Å². The van der Waals surface area contributed by atoms with Crippen LogP contribution in [0, 0.1) is 0 Å². The molecule has 2 N–H and O–H groups in total. The molecule has 1 unspecified atom stereocenters. The zero-order valence-corrected chi connectivity index (χ0v) is 12.8. The molecular formula is C16H24N2O3. The second kappa shape index (κ2) is 7.88. The lowest BCUT2D eigenvalue weighted by atomic mass is 10.1. The van der Waals surface area contributed by atoms with Crippen LogP contribution in [0.5, 0.6) is 11.5 Å². The number of carbonyl (C=O) groups is 1. The highest BCUT2D eigenvalue weighted by Crippen LogP contribution is 2.23. The van der Waals surface area contributed by atoms with Crippen LogP contribution in [-0.4, -0.2) is 39.3 Å². The fourth-order valence-corrected chi connectivity index (χ4v) is 2.52. The molecule has 1 heterocycles. The highest BCUT2D eigenvalue weighted by atomic mass is 16.5. The smallest absolute Gasteiger partial charge is 0.220 e. The van der Waals surface area contributed by atoms with Gasteiger partial charge in [-0.25, -0.2) is 0 Å². The molecule has 0 radical (unpaired) electrons. The fourth-order valence-electron chi connectivity index (χ4n) is 2.52. The number of aryl methyl sites for hydroxylation is 1. The molecule has 1 aliphatic heterocycles. The zero-order valence-electron chi connectivity index (χ0n) is 12.8. The number of carbonyl (C=O) groups excluding carboxylic acids is 1. The first-order valence-electron chi connectivity index (χ1n) is 7.43. The van der Waals surface area contributed by atoms with Crippen LogP contribution in [0.25, 0.3) is 0 Å². The third kappa shape index (κ3) is 4.93. The van der Waals surface area contributed by atoms with Crippen molar-refractivity contribution >= 4 is 5.91 Å². The van der Waals surface area contributed by atoms with E-state index in [0.717, 1.165) is 36.6 Å². The number of ether oxygens (including phenoxy) is 2. The van der Waals surface area contributed by atoms with Crippen LogP contribution in [0.1, 0.15) is 24.8 Å². The van der Waals surface area contributed by atoms with Gasteiger partial charge in [0.15, 0.2) is 0 Å². The highest BCUT2D eigenvalue weighted by Gasteiger charge is 2.14. The van der Waals surface area contributed by atoms with Gasteiger partial charge in [0.05, 0.1) is 14.2 Å². The predicted molar refractivity (Wildman–Crippen MR) is 81.9 cm³/mol. The Kier molecular flexibility index (Phi) is 5.87. The van der Waals surface area contributed by atoms with E-state index in [-0.39, 0.29) is 5.91 Å². The summed E-state index contributed by atoms with van der Waals surface area (Å²) < 4.78 is 10.5. The Hall–Kier alpha value is -1.75. The molecule has 5 nitrogen and oxygen atoms in total. The molecule has 2 rings (SSSR count). The van der Waals surface area contributed by atoms with Gasteiger partial charge in [-0.3, -0.25) is 4.79 Å². The van der Waals surface area contributed by atoms with Crippen LogP contribution in [-0.2, 0) is 11.2 Å². The number of hydrogen-bond donors (Lipinski definition) is 2. The van der Waals surface area contributed by atoms with Gasteiger partial charge in [0.1, 0.15) is 11.5 Å². The summed E-state index contributed by atoms with van der Waals surface area (Å²) in [5.41, 5.74) is 1.04. The number of amides is 1. The van der Waals surface area contributed by atoms with Gasteiger partial charge in [-0.15, -0.1) is 0 Å². The largest absolute Gasteiger partial charge is 0.497 e. The van der Waals surface area contributed by atoms with Crippen molar-refractivity contribution < 1.29 is 14.3 Å². The van der Waals surface area contributed by atoms with Gasteiger partial charge >= 0.3 is 0 Å². The van der Waals surface area contributed by atoms with Crippen molar-refractivity contribution in [2.75, 3.05) is 27.3 Å². The predicted octanol–water partition coefficient (Wildman–Crippen LogP) is 1.50. The number of hydrogen-bond acceptors (Lipinski definition) is 4. The second-order valence-corrected chi connectivity index (χ2v) is 5.32. The Bertz CT molecular complexity index is 448. The molecule has 1 aromatic carbocycles. The first-order valence-corrected chi connectivity index (χ1v) is 7.43. The van der Waals surface area contributed by atoms with E-state index in [4.69, 9.17) is 9.47 Å². The van der Waals surface area contributed by atoms with Gasteiger partial charge < -0.3 is 20.1 Å². The Morgan fingerprint density at radius 1 is 1.29 bits per heavy atom. The monoisotopic (exact) mass is 292 g/mol. The van der Waals surface area contributed by atoms with Gasteiger partial charge in [0.2, 0.25) is 5.91 Å². The minimum absolute atomic E-state index is 0.0884. The summed E-state index contributed by atoms with van der Waals surface area (Å²) in [6.07, 6.45) is 3.50. The summed E-state index contributed by atoms with van der Waals surface area (Å²) in [5.74, 6) is 1.59. The second-order valence-electron chi connectivity index (χ2n) is 5.32. The molecule has 0 aliphatic carbocycles. The van der Waals surface area contributed by atoms with Crippen LogP contribution < -0.4 is 20.1 Å². The molecule has 0 saturated carbocycles. The summed E-state index contributed by atoms with van der Waals surface area (Å²) in [6.45, 7) is 1.78. The van der Waals surface area contributed by atoms with Gasteiger partial charge in [-0.05, 0) is 43.5 Å². The molecular weight excluding hydrogens is 268 g/mol. The van der Waals surface area contributed by atoms with Crippen LogP contribution >= 0.6 is 0 Å². The maximum absolute atomic E-state index is 11.9. The van der Waals surface area contributed by atoms with Gasteiger partial charge in [-0.1, -0.05) is 0 Å². The first kappa shape index (κ1) is 15.6. The quantitative estimate of drug-likeness (QED) is 0.799. The van der Waals surface area contributed by atoms with E-state index in [1.54, 1.807) is 14.2 Å².